The zero-order valence-corrected chi connectivity index (χ0v) is 14.6. The molecule has 1 unspecified atom stereocenters. The molecule has 1 aliphatic rings. The highest BCUT2D eigenvalue weighted by Gasteiger charge is 2.37. The van der Waals surface area contributed by atoms with E-state index in [1.807, 2.05) is 30.3 Å². The first-order valence-corrected chi connectivity index (χ1v) is 9.77. The topological polar surface area (TPSA) is 115 Å². The van der Waals surface area contributed by atoms with Crippen LogP contribution in [0.4, 0.5) is 4.79 Å². The van der Waals surface area contributed by atoms with Gasteiger partial charge < -0.3 is 20.0 Å². The lowest BCUT2D eigenvalue weighted by Gasteiger charge is -2.33. The summed E-state index contributed by atoms with van der Waals surface area (Å²) in [6, 6.07) is 7.86. The molecule has 1 saturated heterocycles. The summed E-state index contributed by atoms with van der Waals surface area (Å²) >= 11 is 0. The van der Waals surface area contributed by atoms with Crippen LogP contribution in [0.2, 0.25) is 0 Å². The Morgan fingerprint density at radius 3 is 2.40 bits per heavy atom. The van der Waals surface area contributed by atoms with Crippen LogP contribution in [0.15, 0.2) is 30.3 Å². The van der Waals surface area contributed by atoms with Gasteiger partial charge in [0.15, 0.2) is 9.84 Å². The number of sulfone groups is 1. The zero-order chi connectivity index (χ0) is 18.4. The Hall–Kier alpha value is -2.13. The lowest BCUT2D eigenvalue weighted by molar-refractivity contribution is -0.138. The monoisotopic (exact) mass is 370 g/mol. The second-order valence-electron chi connectivity index (χ2n) is 5.99. The van der Waals surface area contributed by atoms with Crippen molar-refractivity contribution in [3.63, 3.8) is 0 Å². The molecule has 0 radical (unpaired) electrons. The lowest BCUT2D eigenvalue weighted by atomic mass is 10.2. The molecule has 1 heterocycles. The van der Waals surface area contributed by atoms with Gasteiger partial charge in [-0.05, 0) is 12.0 Å². The van der Waals surface area contributed by atoms with Crippen molar-refractivity contribution in [2.24, 2.45) is 0 Å². The van der Waals surface area contributed by atoms with Crippen LogP contribution in [-0.4, -0.2) is 77.7 Å². The van der Waals surface area contributed by atoms with Crippen molar-refractivity contribution in [3.05, 3.63) is 35.9 Å². The Morgan fingerprint density at radius 2 is 1.88 bits per heavy atom. The van der Waals surface area contributed by atoms with Crippen LogP contribution in [0.1, 0.15) is 12.0 Å². The fourth-order valence-electron chi connectivity index (χ4n) is 2.87. The molecule has 0 spiro atoms. The number of carboxylic acid groups (broad SMARTS) is 1. The Balaban J connectivity index is 2.20. The number of nitrogens with zero attached hydrogens (tertiary/aromatic N) is 2. The summed E-state index contributed by atoms with van der Waals surface area (Å²) in [4.78, 5) is 26.4. The lowest BCUT2D eigenvalue weighted by Crippen LogP contribution is -2.51. The van der Waals surface area contributed by atoms with Crippen molar-refractivity contribution in [3.8, 4) is 0 Å². The molecule has 2 N–H and O–H groups in total. The number of carboxylic acids is 1. The van der Waals surface area contributed by atoms with Crippen LogP contribution in [-0.2, 0) is 21.2 Å². The van der Waals surface area contributed by atoms with Crippen LogP contribution < -0.4 is 0 Å². The van der Waals surface area contributed by atoms with Crippen molar-refractivity contribution in [2.45, 2.75) is 19.0 Å². The molecule has 25 heavy (non-hydrogen) atoms. The molecule has 2 amide bonds. The molecule has 8 nitrogen and oxygen atoms in total. The molecule has 1 aromatic rings. The standard InChI is InChI=1S/C16H22N2O6S/c19-8-7-17(10-13-4-2-1-3-5-13)16(22)18(11-15(20)21)14-6-9-25(23,24)12-14/h1-5,14,19H,6-12H2,(H,20,21). The van der Waals surface area contributed by atoms with Gasteiger partial charge in [0.25, 0.3) is 0 Å². The van der Waals surface area contributed by atoms with Gasteiger partial charge >= 0.3 is 12.0 Å². The van der Waals surface area contributed by atoms with Gasteiger partial charge in [0.05, 0.1) is 18.1 Å². The number of aliphatic hydroxyl groups is 1. The summed E-state index contributed by atoms with van der Waals surface area (Å²) in [6.45, 7) is -0.614. The molecule has 1 aromatic carbocycles. The van der Waals surface area contributed by atoms with Crippen LogP contribution in [0.5, 0.6) is 0 Å². The Labute approximate surface area is 146 Å². The van der Waals surface area contributed by atoms with E-state index >= 15 is 0 Å². The SMILES string of the molecule is O=C(O)CN(C(=O)N(CCO)Cc1ccccc1)C1CCS(=O)(=O)C1. The number of aliphatic hydroxyl groups excluding tert-OH is 1. The molecule has 0 saturated carbocycles. The summed E-state index contributed by atoms with van der Waals surface area (Å²) in [7, 11) is -3.26. The maximum Gasteiger partial charge on any atom is 0.323 e. The molecule has 138 valence electrons. The van der Waals surface area contributed by atoms with Crippen molar-refractivity contribution in [1.29, 1.82) is 0 Å². The fraction of sp³-hybridized carbons (Fsp3) is 0.500. The molecule has 0 aromatic heterocycles. The number of amides is 2. The van der Waals surface area contributed by atoms with Gasteiger partial charge in [0.2, 0.25) is 0 Å². The highest BCUT2D eigenvalue weighted by molar-refractivity contribution is 7.91. The summed E-state index contributed by atoms with van der Waals surface area (Å²) in [5.74, 6) is -1.49. The molecule has 2 rings (SSSR count). The maximum atomic E-state index is 12.9. The molecule has 0 aliphatic carbocycles. The number of carbonyl (C=O) groups is 2. The van der Waals surface area contributed by atoms with Gasteiger partial charge in [-0.1, -0.05) is 30.3 Å². The zero-order valence-electron chi connectivity index (χ0n) is 13.7. The molecule has 0 bridgehead atoms. The van der Waals surface area contributed by atoms with Crippen molar-refractivity contribution in [2.75, 3.05) is 31.2 Å². The van der Waals surface area contributed by atoms with E-state index in [1.165, 1.54) is 4.90 Å². The van der Waals surface area contributed by atoms with E-state index in [4.69, 9.17) is 5.11 Å². The van der Waals surface area contributed by atoms with E-state index in [0.717, 1.165) is 10.5 Å². The number of carbonyl (C=O) groups excluding carboxylic acids is 1. The third-order valence-corrected chi connectivity index (χ3v) is 5.81. The Morgan fingerprint density at radius 1 is 1.20 bits per heavy atom. The van der Waals surface area contributed by atoms with Gasteiger partial charge in [-0.2, -0.15) is 0 Å². The predicted molar refractivity (Wildman–Crippen MR) is 90.7 cm³/mol. The molecule has 9 heteroatoms. The van der Waals surface area contributed by atoms with Gasteiger partial charge in [-0.15, -0.1) is 0 Å². The number of urea groups is 1. The number of benzene rings is 1. The minimum absolute atomic E-state index is 0.0311. The summed E-state index contributed by atoms with van der Waals surface area (Å²) in [6.07, 6.45) is 0.222. The molecule has 1 aliphatic heterocycles. The fourth-order valence-corrected chi connectivity index (χ4v) is 4.60. The van der Waals surface area contributed by atoms with Crippen LogP contribution >= 0.6 is 0 Å². The Kier molecular flexibility index (Phi) is 6.38. The van der Waals surface area contributed by atoms with Crippen LogP contribution in [0.25, 0.3) is 0 Å². The normalized spacial score (nSPS) is 18.7. The second kappa shape index (κ2) is 8.30. The first-order valence-electron chi connectivity index (χ1n) is 7.95. The average molecular weight is 370 g/mol. The quantitative estimate of drug-likeness (QED) is 0.707. The third-order valence-electron chi connectivity index (χ3n) is 4.06. The van der Waals surface area contributed by atoms with E-state index in [0.29, 0.717) is 0 Å². The number of hydrogen-bond acceptors (Lipinski definition) is 5. The minimum Gasteiger partial charge on any atom is -0.480 e. The smallest absolute Gasteiger partial charge is 0.323 e. The third kappa shape index (κ3) is 5.43. The highest BCUT2D eigenvalue weighted by atomic mass is 32.2. The molecule has 1 atom stereocenters. The van der Waals surface area contributed by atoms with E-state index < -0.39 is 34.4 Å². The molecular weight excluding hydrogens is 348 g/mol. The number of hydrogen-bond donors (Lipinski definition) is 2. The van der Waals surface area contributed by atoms with E-state index in [-0.39, 0.29) is 37.6 Å². The van der Waals surface area contributed by atoms with Crippen molar-refractivity contribution >= 4 is 21.8 Å². The predicted octanol–water partition coefficient (Wildman–Crippen LogP) is 0.175. The van der Waals surface area contributed by atoms with Gasteiger partial charge in [0.1, 0.15) is 6.54 Å². The Bertz CT molecular complexity index is 707. The van der Waals surface area contributed by atoms with Crippen molar-refractivity contribution < 1.29 is 28.2 Å². The second-order valence-corrected chi connectivity index (χ2v) is 8.22. The first-order chi connectivity index (χ1) is 11.8. The highest BCUT2D eigenvalue weighted by Crippen LogP contribution is 2.20. The molecule has 1 fully saturated rings. The van der Waals surface area contributed by atoms with Gasteiger partial charge in [0, 0.05) is 19.1 Å². The maximum absolute atomic E-state index is 12.9. The number of aliphatic carboxylic acids is 1. The van der Waals surface area contributed by atoms with Crippen LogP contribution in [0, 0.1) is 0 Å². The van der Waals surface area contributed by atoms with Gasteiger partial charge in [-0.25, -0.2) is 13.2 Å². The largest absolute Gasteiger partial charge is 0.480 e. The summed E-state index contributed by atoms with van der Waals surface area (Å²) in [5.41, 5.74) is 0.832. The van der Waals surface area contributed by atoms with E-state index in [2.05, 4.69) is 0 Å². The summed E-state index contributed by atoms with van der Waals surface area (Å²) in [5, 5.41) is 18.4. The van der Waals surface area contributed by atoms with Crippen LogP contribution in [0.3, 0.4) is 0 Å². The first kappa shape index (κ1) is 19.2. The average Bonchev–Trinajstić information content (AvgIpc) is 2.92. The van der Waals surface area contributed by atoms with Gasteiger partial charge in [-0.3, -0.25) is 4.79 Å². The number of rotatable bonds is 7. The minimum atomic E-state index is -3.26. The molecular formula is C16H22N2O6S. The summed E-state index contributed by atoms with van der Waals surface area (Å²) < 4.78 is 23.4. The van der Waals surface area contributed by atoms with E-state index in [9.17, 15) is 23.1 Å². The van der Waals surface area contributed by atoms with Crippen molar-refractivity contribution in [1.82, 2.24) is 9.80 Å². The van der Waals surface area contributed by atoms with E-state index in [1.54, 1.807) is 0 Å².